The first-order chi connectivity index (χ1) is 10.9. The van der Waals surface area contributed by atoms with Crippen molar-refractivity contribution in [2.75, 3.05) is 5.32 Å². The Hall–Kier alpha value is -1.52. The molecule has 0 bridgehead atoms. The maximum atomic E-state index is 12.6. The van der Waals surface area contributed by atoms with Crippen LogP contribution in [-0.4, -0.2) is 16.1 Å². The van der Waals surface area contributed by atoms with Crippen LogP contribution in [0.4, 0.5) is 5.69 Å². The average molecular weight is 349 g/mol. The van der Waals surface area contributed by atoms with Crippen LogP contribution in [0.3, 0.4) is 0 Å². The SMILES string of the molecule is Cc1cccc(C(C)C)c1NC(=O)C(C)Sc1ncccc1Cl. The Labute approximate surface area is 146 Å². The summed E-state index contributed by atoms with van der Waals surface area (Å²) < 4.78 is 0. The zero-order valence-corrected chi connectivity index (χ0v) is 15.3. The van der Waals surface area contributed by atoms with Gasteiger partial charge in [-0.3, -0.25) is 4.79 Å². The van der Waals surface area contributed by atoms with Crippen molar-refractivity contribution in [2.24, 2.45) is 0 Å². The number of carbonyl (C=O) groups excluding carboxylic acids is 1. The first-order valence-electron chi connectivity index (χ1n) is 7.57. The van der Waals surface area contributed by atoms with E-state index in [0.717, 1.165) is 16.8 Å². The van der Waals surface area contributed by atoms with E-state index in [1.54, 1.807) is 18.3 Å². The van der Waals surface area contributed by atoms with Crippen LogP contribution < -0.4 is 5.32 Å². The van der Waals surface area contributed by atoms with Crippen molar-refractivity contribution in [2.45, 2.75) is 43.9 Å². The molecule has 1 heterocycles. The van der Waals surface area contributed by atoms with Gasteiger partial charge in [0.05, 0.1) is 10.3 Å². The van der Waals surface area contributed by atoms with Crippen molar-refractivity contribution in [3.8, 4) is 0 Å². The summed E-state index contributed by atoms with van der Waals surface area (Å²) in [5.74, 6) is 0.298. The number of thioether (sulfide) groups is 1. The lowest BCUT2D eigenvalue weighted by Gasteiger charge is -2.18. The van der Waals surface area contributed by atoms with Crippen LogP contribution in [0, 0.1) is 6.92 Å². The monoisotopic (exact) mass is 348 g/mol. The second-order valence-corrected chi connectivity index (χ2v) is 7.47. The molecule has 3 nitrogen and oxygen atoms in total. The molecule has 0 aliphatic carbocycles. The summed E-state index contributed by atoms with van der Waals surface area (Å²) in [6.07, 6.45) is 1.68. The van der Waals surface area contributed by atoms with Gasteiger partial charge in [-0.05, 0) is 43.0 Å². The summed E-state index contributed by atoms with van der Waals surface area (Å²) in [6.45, 7) is 8.11. The lowest BCUT2D eigenvalue weighted by Crippen LogP contribution is -2.24. The molecule has 23 heavy (non-hydrogen) atoms. The van der Waals surface area contributed by atoms with Crippen LogP contribution >= 0.6 is 23.4 Å². The Kier molecular flexibility index (Phi) is 6.08. The molecule has 0 aliphatic heterocycles. The molecule has 2 rings (SSSR count). The lowest BCUT2D eigenvalue weighted by atomic mass is 9.98. The number of para-hydroxylation sites is 1. The number of hydrogen-bond acceptors (Lipinski definition) is 3. The fraction of sp³-hybridized carbons (Fsp3) is 0.333. The molecule has 1 atom stereocenters. The summed E-state index contributed by atoms with van der Waals surface area (Å²) in [4.78, 5) is 16.8. The number of anilines is 1. The number of nitrogens with one attached hydrogen (secondary N) is 1. The number of amides is 1. The van der Waals surface area contributed by atoms with Crippen LogP contribution in [0.5, 0.6) is 0 Å². The average Bonchev–Trinajstić information content (AvgIpc) is 2.51. The minimum absolute atomic E-state index is 0.0482. The Morgan fingerprint density at radius 2 is 1.96 bits per heavy atom. The summed E-state index contributed by atoms with van der Waals surface area (Å²) in [6, 6.07) is 9.64. The summed E-state index contributed by atoms with van der Waals surface area (Å²) in [5, 5.41) is 4.02. The second kappa shape index (κ2) is 7.84. The first kappa shape index (κ1) is 17.8. The third-order valence-electron chi connectivity index (χ3n) is 3.56. The summed E-state index contributed by atoms with van der Waals surface area (Å²) in [5.41, 5.74) is 3.12. The second-order valence-electron chi connectivity index (χ2n) is 5.73. The van der Waals surface area contributed by atoms with Gasteiger partial charge in [-0.1, -0.05) is 55.4 Å². The molecular formula is C18H21ClN2OS. The van der Waals surface area contributed by atoms with E-state index < -0.39 is 0 Å². The van der Waals surface area contributed by atoms with E-state index in [2.05, 4.69) is 30.2 Å². The van der Waals surface area contributed by atoms with E-state index in [1.807, 2.05) is 26.0 Å². The molecule has 1 unspecified atom stereocenters. The number of carbonyl (C=O) groups is 1. The van der Waals surface area contributed by atoms with E-state index in [1.165, 1.54) is 11.8 Å². The van der Waals surface area contributed by atoms with Gasteiger partial charge in [-0.25, -0.2) is 4.98 Å². The smallest absolute Gasteiger partial charge is 0.237 e. The Bertz CT molecular complexity index is 703. The van der Waals surface area contributed by atoms with E-state index >= 15 is 0 Å². The topological polar surface area (TPSA) is 42.0 Å². The molecule has 0 fully saturated rings. The molecule has 122 valence electrons. The Balaban J connectivity index is 2.15. The summed E-state index contributed by atoms with van der Waals surface area (Å²) in [7, 11) is 0. The minimum Gasteiger partial charge on any atom is -0.325 e. The Morgan fingerprint density at radius 1 is 1.22 bits per heavy atom. The number of rotatable bonds is 5. The molecule has 0 spiro atoms. The quantitative estimate of drug-likeness (QED) is 0.747. The van der Waals surface area contributed by atoms with Gasteiger partial charge >= 0.3 is 0 Å². The normalized spacial score (nSPS) is 12.3. The van der Waals surface area contributed by atoms with Crippen LogP contribution in [0.2, 0.25) is 5.02 Å². The van der Waals surface area contributed by atoms with Crippen molar-refractivity contribution >= 4 is 35.0 Å². The highest BCUT2D eigenvalue weighted by atomic mass is 35.5. The highest BCUT2D eigenvalue weighted by Crippen LogP contribution is 2.31. The fourth-order valence-corrected chi connectivity index (χ4v) is 3.30. The molecule has 1 amide bonds. The number of pyridine rings is 1. The van der Waals surface area contributed by atoms with Gasteiger partial charge in [-0.15, -0.1) is 0 Å². The third kappa shape index (κ3) is 4.49. The number of hydrogen-bond donors (Lipinski definition) is 1. The first-order valence-corrected chi connectivity index (χ1v) is 8.83. The number of halogens is 1. The van der Waals surface area contributed by atoms with Crippen LogP contribution in [0.25, 0.3) is 0 Å². The standard InChI is InChI=1S/C18H21ClN2OS/c1-11(2)14-8-5-7-12(3)16(14)21-17(22)13(4)23-18-15(19)9-6-10-20-18/h5-11,13H,1-4H3,(H,21,22). The van der Waals surface area contributed by atoms with Crippen molar-refractivity contribution in [3.05, 3.63) is 52.7 Å². The van der Waals surface area contributed by atoms with Crippen molar-refractivity contribution in [3.63, 3.8) is 0 Å². The maximum absolute atomic E-state index is 12.6. The van der Waals surface area contributed by atoms with Crippen molar-refractivity contribution in [1.82, 2.24) is 4.98 Å². The predicted molar refractivity (Wildman–Crippen MR) is 98.5 cm³/mol. The van der Waals surface area contributed by atoms with Gasteiger partial charge in [0.1, 0.15) is 5.03 Å². The largest absolute Gasteiger partial charge is 0.325 e. The number of aromatic nitrogens is 1. The zero-order valence-electron chi connectivity index (χ0n) is 13.8. The van der Waals surface area contributed by atoms with E-state index in [0.29, 0.717) is 16.0 Å². The van der Waals surface area contributed by atoms with Crippen LogP contribution in [-0.2, 0) is 4.79 Å². The molecule has 0 saturated carbocycles. The number of aryl methyl sites for hydroxylation is 1. The summed E-state index contributed by atoms with van der Waals surface area (Å²) >= 11 is 7.47. The van der Waals surface area contributed by atoms with E-state index in [9.17, 15) is 4.79 Å². The van der Waals surface area contributed by atoms with Gasteiger partial charge in [0.15, 0.2) is 0 Å². The lowest BCUT2D eigenvalue weighted by molar-refractivity contribution is -0.115. The number of benzene rings is 1. The fourth-order valence-electron chi connectivity index (χ4n) is 2.25. The molecular weight excluding hydrogens is 328 g/mol. The zero-order chi connectivity index (χ0) is 17.0. The molecule has 0 saturated heterocycles. The van der Waals surface area contributed by atoms with Gasteiger partial charge in [0.25, 0.3) is 0 Å². The van der Waals surface area contributed by atoms with Crippen LogP contribution in [0.15, 0.2) is 41.6 Å². The van der Waals surface area contributed by atoms with Gasteiger partial charge in [-0.2, -0.15) is 0 Å². The number of nitrogens with zero attached hydrogens (tertiary/aromatic N) is 1. The van der Waals surface area contributed by atoms with Gasteiger partial charge in [0, 0.05) is 11.9 Å². The Morgan fingerprint density at radius 3 is 2.61 bits per heavy atom. The molecule has 0 radical (unpaired) electrons. The maximum Gasteiger partial charge on any atom is 0.237 e. The highest BCUT2D eigenvalue weighted by molar-refractivity contribution is 8.00. The molecule has 0 aliphatic rings. The molecule has 2 aromatic rings. The van der Waals surface area contributed by atoms with Gasteiger partial charge < -0.3 is 5.32 Å². The predicted octanol–water partition coefficient (Wildman–Crippen LogP) is 5.29. The van der Waals surface area contributed by atoms with E-state index in [4.69, 9.17) is 11.6 Å². The molecule has 1 aromatic heterocycles. The molecule has 1 N–H and O–H groups in total. The van der Waals surface area contributed by atoms with Crippen molar-refractivity contribution in [1.29, 1.82) is 0 Å². The van der Waals surface area contributed by atoms with Crippen LogP contribution in [0.1, 0.15) is 37.8 Å². The highest BCUT2D eigenvalue weighted by Gasteiger charge is 2.19. The molecule has 5 heteroatoms. The van der Waals surface area contributed by atoms with E-state index in [-0.39, 0.29) is 11.2 Å². The van der Waals surface area contributed by atoms with Crippen molar-refractivity contribution < 1.29 is 4.79 Å². The third-order valence-corrected chi connectivity index (χ3v) is 5.09. The minimum atomic E-state index is -0.290. The van der Waals surface area contributed by atoms with Gasteiger partial charge in [0.2, 0.25) is 5.91 Å². The molecule has 1 aromatic carbocycles.